The summed E-state index contributed by atoms with van der Waals surface area (Å²) in [6, 6.07) is 16.8. The van der Waals surface area contributed by atoms with E-state index in [2.05, 4.69) is 58.4 Å². The number of aliphatic imine (C=N–C) groups is 1. The second kappa shape index (κ2) is 12.8. The van der Waals surface area contributed by atoms with Crippen LogP contribution in [0.4, 0.5) is 5.69 Å². The zero-order valence-electron chi connectivity index (χ0n) is 20.2. The van der Waals surface area contributed by atoms with E-state index in [1.807, 2.05) is 17.0 Å². The minimum Gasteiger partial charge on any atom is -0.497 e. The maximum Gasteiger partial charge on any atom is 0.222 e. The number of carbonyl (C=O) groups excluding carboxylic acids is 1. The highest BCUT2D eigenvalue weighted by molar-refractivity contribution is 14.0. The molecular formula is C26H36IN5O2. The Kier molecular flexibility index (Phi) is 9.86. The van der Waals surface area contributed by atoms with Crippen molar-refractivity contribution in [2.24, 2.45) is 4.99 Å². The molecule has 1 amide bonds. The number of benzene rings is 2. The first kappa shape index (κ1) is 26.1. The van der Waals surface area contributed by atoms with Gasteiger partial charge in [0.05, 0.1) is 13.7 Å². The smallest absolute Gasteiger partial charge is 0.222 e. The molecule has 0 atom stereocenters. The van der Waals surface area contributed by atoms with E-state index < -0.39 is 0 Å². The summed E-state index contributed by atoms with van der Waals surface area (Å²) in [7, 11) is 1.69. The molecule has 0 spiro atoms. The third kappa shape index (κ3) is 6.77. The van der Waals surface area contributed by atoms with Gasteiger partial charge in [0.25, 0.3) is 0 Å². The summed E-state index contributed by atoms with van der Waals surface area (Å²) in [5, 5.41) is 3.45. The number of hydrogen-bond donors (Lipinski definition) is 1. The molecule has 184 valence electrons. The number of carbonyl (C=O) groups is 1. The van der Waals surface area contributed by atoms with Crippen molar-refractivity contribution in [1.82, 2.24) is 15.1 Å². The maximum atomic E-state index is 11.9. The minimum absolute atomic E-state index is 0. The van der Waals surface area contributed by atoms with Crippen molar-refractivity contribution in [3.63, 3.8) is 0 Å². The summed E-state index contributed by atoms with van der Waals surface area (Å²) >= 11 is 0. The number of anilines is 1. The number of hydrogen-bond acceptors (Lipinski definition) is 4. The van der Waals surface area contributed by atoms with Gasteiger partial charge in [0.1, 0.15) is 5.75 Å². The van der Waals surface area contributed by atoms with E-state index in [0.29, 0.717) is 19.5 Å². The van der Waals surface area contributed by atoms with Gasteiger partial charge in [-0.15, -0.1) is 24.0 Å². The molecule has 0 aromatic heterocycles. The van der Waals surface area contributed by atoms with Gasteiger partial charge in [0.15, 0.2) is 5.96 Å². The molecule has 2 aliphatic rings. The topological polar surface area (TPSA) is 60.4 Å². The van der Waals surface area contributed by atoms with Gasteiger partial charge in [-0.05, 0) is 48.7 Å². The molecule has 8 heteroatoms. The molecule has 34 heavy (non-hydrogen) atoms. The molecule has 7 nitrogen and oxygen atoms in total. The number of ether oxygens (including phenoxy) is 1. The summed E-state index contributed by atoms with van der Waals surface area (Å²) in [5.74, 6) is 2.13. The minimum atomic E-state index is 0. The number of likely N-dealkylation sites (tertiary alicyclic amines) is 1. The van der Waals surface area contributed by atoms with Crippen molar-refractivity contribution in [3.05, 3.63) is 59.7 Å². The van der Waals surface area contributed by atoms with Crippen molar-refractivity contribution >= 4 is 41.5 Å². The van der Waals surface area contributed by atoms with Crippen LogP contribution >= 0.6 is 24.0 Å². The van der Waals surface area contributed by atoms with E-state index in [4.69, 9.17) is 9.73 Å². The Morgan fingerprint density at radius 2 is 1.65 bits per heavy atom. The maximum absolute atomic E-state index is 11.9. The van der Waals surface area contributed by atoms with Crippen LogP contribution in [0.3, 0.4) is 0 Å². The average molecular weight is 578 g/mol. The second-order valence-electron chi connectivity index (χ2n) is 8.58. The number of amides is 1. The molecule has 0 radical (unpaired) electrons. The van der Waals surface area contributed by atoms with Gasteiger partial charge in [-0.2, -0.15) is 0 Å². The number of nitrogens with zero attached hydrogens (tertiary/aromatic N) is 4. The summed E-state index contributed by atoms with van der Waals surface area (Å²) in [4.78, 5) is 23.5. The lowest BCUT2D eigenvalue weighted by atomic mass is 10.1. The third-order valence-electron chi connectivity index (χ3n) is 6.33. The van der Waals surface area contributed by atoms with E-state index in [-0.39, 0.29) is 29.9 Å². The Bertz CT molecular complexity index is 941. The van der Waals surface area contributed by atoms with Gasteiger partial charge in [-0.25, -0.2) is 4.99 Å². The normalized spacial score (nSPS) is 16.5. The molecular weight excluding hydrogens is 541 g/mol. The van der Waals surface area contributed by atoms with Crippen molar-refractivity contribution in [3.8, 4) is 5.75 Å². The summed E-state index contributed by atoms with van der Waals surface area (Å²) in [6.07, 6.45) is 1.67. The average Bonchev–Trinajstić information content (AvgIpc) is 3.27. The fourth-order valence-electron chi connectivity index (χ4n) is 4.40. The Hall–Kier alpha value is -2.49. The molecule has 2 saturated heterocycles. The van der Waals surface area contributed by atoms with Crippen LogP contribution in [-0.4, -0.2) is 68.0 Å². The van der Waals surface area contributed by atoms with Gasteiger partial charge in [0, 0.05) is 57.9 Å². The van der Waals surface area contributed by atoms with Gasteiger partial charge in [-0.1, -0.05) is 24.3 Å². The fraction of sp³-hybridized carbons (Fsp3) is 0.462. The summed E-state index contributed by atoms with van der Waals surface area (Å²) in [6.45, 7) is 8.97. The Labute approximate surface area is 220 Å². The Balaban J connectivity index is 0.00000324. The van der Waals surface area contributed by atoms with Crippen LogP contribution in [0.5, 0.6) is 5.75 Å². The number of piperazine rings is 1. The molecule has 2 aliphatic heterocycles. The van der Waals surface area contributed by atoms with Crippen LogP contribution in [-0.2, 0) is 17.9 Å². The predicted octanol–water partition coefficient (Wildman–Crippen LogP) is 3.72. The van der Waals surface area contributed by atoms with Gasteiger partial charge >= 0.3 is 0 Å². The first-order chi connectivity index (χ1) is 16.2. The van der Waals surface area contributed by atoms with Crippen LogP contribution in [0.25, 0.3) is 0 Å². The van der Waals surface area contributed by atoms with E-state index >= 15 is 0 Å². The second-order valence-corrected chi connectivity index (χ2v) is 8.58. The van der Waals surface area contributed by atoms with Crippen molar-refractivity contribution < 1.29 is 9.53 Å². The molecule has 2 aromatic rings. The van der Waals surface area contributed by atoms with Crippen LogP contribution < -0.4 is 15.0 Å². The molecule has 0 aliphatic carbocycles. The largest absolute Gasteiger partial charge is 0.497 e. The highest BCUT2D eigenvalue weighted by Crippen LogP contribution is 2.21. The van der Waals surface area contributed by atoms with Crippen molar-refractivity contribution in [1.29, 1.82) is 0 Å². The van der Waals surface area contributed by atoms with Crippen LogP contribution in [0.1, 0.15) is 30.9 Å². The van der Waals surface area contributed by atoms with Gasteiger partial charge < -0.3 is 24.8 Å². The summed E-state index contributed by atoms with van der Waals surface area (Å²) in [5.41, 5.74) is 3.59. The van der Waals surface area contributed by atoms with E-state index in [1.165, 1.54) is 16.8 Å². The van der Waals surface area contributed by atoms with E-state index in [1.54, 1.807) is 7.11 Å². The lowest BCUT2D eigenvalue weighted by Crippen LogP contribution is -2.52. The number of methoxy groups -OCH3 is 1. The van der Waals surface area contributed by atoms with E-state index in [0.717, 1.165) is 57.4 Å². The molecule has 0 bridgehead atoms. The lowest BCUT2D eigenvalue weighted by Gasteiger charge is -2.37. The van der Waals surface area contributed by atoms with Crippen molar-refractivity contribution in [2.45, 2.75) is 32.9 Å². The van der Waals surface area contributed by atoms with Crippen LogP contribution in [0.2, 0.25) is 0 Å². The zero-order valence-corrected chi connectivity index (χ0v) is 22.5. The van der Waals surface area contributed by atoms with Crippen LogP contribution in [0.15, 0.2) is 53.5 Å². The van der Waals surface area contributed by atoms with E-state index in [9.17, 15) is 4.79 Å². The third-order valence-corrected chi connectivity index (χ3v) is 6.33. The highest BCUT2D eigenvalue weighted by atomic mass is 127. The molecule has 2 fully saturated rings. The first-order valence-corrected chi connectivity index (χ1v) is 11.9. The number of nitrogens with one attached hydrogen (secondary N) is 1. The molecule has 0 saturated carbocycles. The molecule has 1 N–H and O–H groups in total. The predicted molar refractivity (Wildman–Crippen MR) is 148 cm³/mol. The fourth-order valence-corrected chi connectivity index (χ4v) is 4.40. The van der Waals surface area contributed by atoms with Crippen LogP contribution in [0, 0.1) is 0 Å². The quantitative estimate of drug-likeness (QED) is 0.309. The lowest BCUT2D eigenvalue weighted by molar-refractivity contribution is -0.128. The molecule has 0 unspecified atom stereocenters. The SMILES string of the molecule is CCNC(=NCc1ccc(CN2CCCC2=O)cc1)N1CCN(c2ccc(OC)cc2)CC1.I. The number of rotatable bonds is 7. The monoisotopic (exact) mass is 577 g/mol. The standard InChI is InChI=1S/C26H35N5O2.HI/c1-3-27-26(30-17-15-29(16-18-30)23-10-12-24(33-2)13-11-23)28-19-21-6-8-22(9-7-21)20-31-14-4-5-25(31)32;/h6-13H,3-5,14-20H2,1-2H3,(H,27,28);1H. The molecule has 2 aromatic carbocycles. The number of guanidine groups is 1. The Morgan fingerprint density at radius 1 is 0.971 bits per heavy atom. The Morgan fingerprint density at radius 3 is 2.24 bits per heavy atom. The molecule has 2 heterocycles. The van der Waals surface area contributed by atoms with Crippen molar-refractivity contribution in [2.75, 3.05) is 51.3 Å². The summed E-state index contributed by atoms with van der Waals surface area (Å²) < 4.78 is 5.27. The zero-order chi connectivity index (χ0) is 23.0. The van der Waals surface area contributed by atoms with Gasteiger partial charge in [0.2, 0.25) is 5.91 Å². The van der Waals surface area contributed by atoms with Gasteiger partial charge in [-0.3, -0.25) is 4.79 Å². The first-order valence-electron chi connectivity index (χ1n) is 11.9. The number of halogens is 1. The highest BCUT2D eigenvalue weighted by Gasteiger charge is 2.21. The molecule has 4 rings (SSSR count).